The highest BCUT2D eigenvalue weighted by Crippen LogP contribution is 2.24. The van der Waals surface area contributed by atoms with Crippen LogP contribution in [0, 0.1) is 0 Å². The van der Waals surface area contributed by atoms with Gasteiger partial charge in [0.1, 0.15) is 12.4 Å². The largest absolute Gasteiger partial charge is 0.487 e. The molecule has 0 aliphatic carbocycles. The molecule has 5 heteroatoms. The van der Waals surface area contributed by atoms with Gasteiger partial charge in [-0.2, -0.15) is 0 Å². The number of carbonyl (C=O) groups is 1. The van der Waals surface area contributed by atoms with E-state index in [0.29, 0.717) is 16.3 Å². The summed E-state index contributed by atoms with van der Waals surface area (Å²) in [5.74, 6) is -0.725. The number of hydrogen-bond donors (Lipinski definition) is 1. The third-order valence-electron chi connectivity index (χ3n) is 2.16. The lowest BCUT2D eigenvalue weighted by Crippen LogP contribution is -2.02. The summed E-state index contributed by atoms with van der Waals surface area (Å²) in [6, 6.07) is 8.54. The van der Waals surface area contributed by atoms with E-state index in [-0.39, 0.29) is 12.4 Å². The van der Waals surface area contributed by atoms with Crippen LogP contribution in [-0.2, 0) is 6.61 Å². The first-order chi connectivity index (χ1) is 8.18. The summed E-state index contributed by atoms with van der Waals surface area (Å²) >= 11 is 5.90. The summed E-state index contributed by atoms with van der Waals surface area (Å²) in [4.78, 5) is 10.8. The van der Waals surface area contributed by atoms with Gasteiger partial charge in [-0.3, -0.25) is 0 Å². The van der Waals surface area contributed by atoms with Gasteiger partial charge >= 0.3 is 5.97 Å². The van der Waals surface area contributed by atoms with Crippen molar-refractivity contribution in [3.05, 3.63) is 52.9 Å². The standard InChI is InChI=1S/C12H9ClO4/c13-9-3-1-2-4-10(9)17-7-8-5-6-16-11(8)12(14)15/h1-6H,7H2,(H,14,15). The van der Waals surface area contributed by atoms with Crippen molar-refractivity contribution in [1.29, 1.82) is 0 Å². The second kappa shape index (κ2) is 4.93. The van der Waals surface area contributed by atoms with Gasteiger partial charge in [0.25, 0.3) is 0 Å². The van der Waals surface area contributed by atoms with E-state index in [1.807, 2.05) is 0 Å². The van der Waals surface area contributed by atoms with Crippen LogP contribution in [0.2, 0.25) is 5.02 Å². The van der Waals surface area contributed by atoms with Crippen molar-refractivity contribution in [3.8, 4) is 5.75 Å². The minimum Gasteiger partial charge on any atom is -0.487 e. The average Bonchev–Trinajstić information content (AvgIpc) is 2.76. The highest BCUT2D eigenvalue weighted by Gasteiger charge is 2.14. The van der Waals surface area contributed by atoms with Crippen LogP contribution in [0.5, 0.6) is 5.75 Å². The molecule has 0 fully saturated rings. The van der Waals surface area contributed by atoms with Crippen molar-refractivity contribution >= 4 is 17.6 Å². The second-order valence-electron chi connectivity index (χ2n) is 3.30. The van der Waals surface area contributed by atoms with Crippen molar-refractivity contribution in [2.45, 2.75) is 6.61 Å². The fourth-order valence-electron chi connectivity index (χ4n) is 1.35. The Bertz CT molecular complexity index is 533. The number of para-hydroxylation sites is 1. The lowest BCUT2D eigenvalue weighted by atomic mass is 10.2. The fourth-order valence-corrected chi connectivity index (χ4v) is 1.54. The predicted octanol–water partition coefficient (Wildman–Crippen LogP) is 3.21. The molecule has 0 bridgehead atoms. The first-order valence-corrected chi connectivity index (χ1v) is 5.23. The average molecular weight is 253 g/mol. The fraction of sp³-hybridized carbons (Fsp3) is 0.0833. The third kappa shape index (κ3) is 2.60. The first-order valence-electron chi connectivity index (χ1n) is 4.85. The Morgan fingerprint density at radius 1 is 1.35 bits per heavy atom. The number of benzene rings is 1. The molecule has 0 spiro atoms. The molecule has 0 amide bonds. The number of ether oxygens (including phenoxy) is 1. The molecule has 0 saturated heterocycles. The summed E-state index contributed by atoms with van der Waals surface area (Å²) in [7, 11) is 0. The van der Waals surface area contributed by atoms with Crippen molar-refractivity contribution < 1.29 is 19.1 Å². The predicted molar refractivity (Wildman–Crippen MR) is 61.5 cm³/mol. The number of furan rings is 1. The van der Waals surface area contributed by atoms with Crippen LogP contribution in [0.4, 0.5) is 0 Å². The Balaban J connectivity index is 2.10. The Morgan fingerprint density at radius 2 is 2.12 bits per heavy atom. The van der Waals surface area contributed by atoms with Crippen LogP contribution >= 0.6 is 11.6 Å². The molecule has 2 rings (SSSR count). The van der Waals surface area contributed by atoms with Crippen molar-refractivity contribution in [2.24, 2.45) is 0 Å². The molecule has 1 aromatic heterocycles. The zero-order chi connectivity index (χ0) is 12.3. The summed E-state index contributed by atoms with van der Waals surface area (Å²) in [5.41, 5.74) is 0.470. The van der Waals surface area contributed by atoms with Crippen molar-refractivity contribution in [3.63, 3.8) is 0 Å². The van der Waals surface area contributed by atoms with Gasteiger partial charge in [-0.05, 0) is 18.2 Å². The summed E-state index contributed by atoms with van der Waals surface area (Å²) in [5, 5.41) is 9.31. The summed E-state index contributed by atoms with van der Waals surface area (Å²) in [6.45, 7) is 0.0991. The molecule has 1 heterocycles. The topological polar surface area (TPSA) is 59.7 Å². The molecule has 17 heavy (non-hydrogen) atoms. The van der Waals surface area contributed by atoms with E-state index in [9.17, 15) is 4.79 Å². The van der Waals surface area contributed by atoms with E-state index >= 15 is 0 Å². The molecule has 1 N–H and O–H groups in total. The molecule has 4 nitrogen and oxygen atoms in total. The summed E-state index contributed by atoms with van der Waals surface area (Å²) in [6.07, 6.45) is 1.31. The quantitative estimate of drug-likeness (QED) is 0.908. The summed E-state index contributed by atoms with van der Waals surface area (Å²) < 4.78 is 10.2. The van der Waals surface area contributed by atoms with Gasteiger partial charge < -0.3 is 14.3 Å². The molecule has 88 valence electrons. The number of carboxylic acids is 1. The number of carboxylic acid groups (broad SMARTS) is 1. The maximum absolute atomic E-state index is 10.8. The van der Waals surface area contributed by atoms with Gasteiger partial charge in [-0.1, -0.05) is 23.7 Å². The third-order valence-corrected chi connectivity index (χ3v) is 2.47. The van der Waals surface area contributed by atoms with Crippen LogP contribution in [0.15, 0.2) is 41.0 Å². The maximum atomic E-state index is 10.8. The SMILES string of the molecule is O=C(O)c1occc1COc1ccccc1Cl. The maximum Gasteiger partial charge on any atom is 0.372 e. The minimum absolute atomic E-state index is 0.0991. The van der Waals surface area contributed by atoms with Gasteiger partial charge in [0.15, 0.2) is 0 Å². The highest BCUT2D eigenvalue weighted by molar-refractivity contribution is 6.32. The van der Waals surface area contributed by atoms with Crippen molar-refractivity contribution in [1.82, 2.24) is 0 Å². The van der Waals surface area contributed by atoms with Crippen LogP contribution in [0.25, 0.3) is 0 Å². The molecule has 2 aromatic rings. The highest BCUT2D eigenvalue weighted by atomic mass is 35.5. The zero-order valence-electron chi connectivity index (χ0n) is 8.72. The molecule has 0 aliphatic rings. The lowest BCUT2D eigenvalue weighted by Gasteiger charge is -2.06. The van der Waals surface area contributed by atoms with Gasteiger partial charge in [0.05, 0.1) is 11.3 Å². The minimum atomic E-state index is -1.12. The van der Waals surface area contributed by atoms with E-state index < -0.39 is 5.97 Å². The molecule has 1 aromatic carbocycles. The van der Waals surface area contributed by atoms with Gasteiger partial charge in [0.2, 0.25) is 5.76 Å². The zero-order valence-corrected chi connectivity index (χ0v) is 9.48. The van der Waals surface area contributed by atoms with Gasteiger partial charge in [-0.15, -0.1) is 0 Å². The molecular formula is C12H9ClO4. The number of rotatable bonds is 4. The second-order valence-corrected chi connectivity index (χ2v) is 3.71. The Hall–Kier alpha value is -1.94. The monoisotopic (exact) mass is 252 g/mol. The van der Waals surface area contributed by atoms with Gasteiger partial charge in [0, 0.05) is 5.56 Å². The molecule has 0 unspecified atom stereocenters. The van der Waals surface area contributed by atoms with Crippen LogP contribution in [-0.4, -0.2) is 11.1 Å². The van der Waals surface area contributed by atoms with Crippen LogP contribution in [0.3, 0.4) is 0 Å². The Kier molecular flexibility index (Phi) is 3.35. The van der Waals surface area contributed by atoms with Gasteiger partial charge in [-0.25, -0.2) is 4.79 Å². The van der Waals surface area contributed by atoms with E-state index in [0.717, 1.165) is 0 Å². The molecular weight excluding hydrogens is 244 g/mol. The van der Waals surface area contributed by atoms with E-state index in [1.165, 1.54) is 6.26 Å². The van der Waals surface area contributed by atoms with Crippen molar-refractivity contribution in [2.75, 3.05) is 0 Å². The van der Waals surface area contributed by atoms with E-state index in [2.05, 4.69) is 0 Å². The van der Waals surface area contributed by atoms with E-state index in [4.69, 9.17) is 25.9 Å². The van der Waals surface area contributed by atoms with Crippen LogP contribution < -0.4 is 4.74 Å². The number of aromatic carboxylic acids is 1. The molecule has 0 radical (unpaired) electrons. The Morgan fingerprint density at radius 3 is 2.82 bits per heavy atom. The normalized spacial score (nSPS) is 10.2. The lowest BCUT2D eigenvalue weighted by molar-refractivity contribution is 0.0658. The number of hydrogen-bond acceptors (Lipinski definition) is 3. The van der Waals surface area contributed by atoms with Crippen LogP contribution in [0.1, 0.15) is 16.1 Å². The molecule has 0 aliphatic heterocycles. The first kappa shape index (κ1) is 11.5. The Labute approximate surface area is 102 Å². The number of halogens is 1. The smallest absolute Gasteiger partial charge is 0.372 e. The molecule has 0 atom stereocenters. The molecule has 0 saturated carbocycles. The van der Waals surface area contributed by atoms with E-state index in [1.54, 1.807) is 30.3 Å².